The molecule has 3 aromatic rings. The van der Waals surface area contributed by atoms with Gasteiger partial charge in [-0.05, 0) is 13.8 Å². The molecule has 0 saturated carbocycles. The van der Waals surface area contributed by atoms with E-state index in [1.165, 1.54) is 0 Å². The SMILES string of the molecule is CC(C)Oc1cncc(NCc2nnc(-c3ccccc3)s2)n1. The molecule has 0 saturated heterocycles. The monoisotopic (exact) mass is 327 g/mol. The minimum atomic E-state index is 0.0659. The minimum Gasteiger partial charge on any atom is -0.474 e. The molecule has 7 heteroatoms. The van der Waals surface area contributed by atoms with E-state index in [1.807, 2.05) is 44.2 Å². The van der Waals surface area contributed by atoms with Crippen LogP contribution in [0.1, 0.15) is 18.9 Å². The Hall–Kier alpha value is -2.54. The van der Waals surface area contributed by atoms with E-state index in [0.717, 1.165) is 15.6 Å². The zero-order valence-electron chi connectivity index (χ0n) is 12.9. The highest BCUT2D eigenvalue weighted by molar-refractivity contribution is 7.14. The molecule has 0 aliphatic rings. The van der Waals surface area contributed by atoms with E-state index in [9.17, 15) is 0 Å². The van der Waals surface area contributed by atoms with Crippen LogP contribution in [0.15, 0.2) is 42.7 Å². The highest BCUT2D eigenvalue weighted by Gasteiger charge is 2.07. The van der Waals surface area contributed by atoms with Crippen LogP contribution in [0, 0.1) is 0 Å². The second-order valence-corrected chi connectivity index (χ2v) is 6.19. The first kappa shape index (κ1) is 15.4. The van der Waals surface area contributed by atoms with Crippen LogP contribution in [0.2, 0.25) is 0 Å². The summed E-state index contributed by atoms with van der Waals surface area (Å²) in [5.74, 6) is 1.16. The van der Waals surface area contributed by atoms with Crippen LogP contribution in [0.25, 0.3) is 10.6 Å². The number of nitrogens with one attached hydrogen (secondary N) is 1. The van der Waals surface area contributed by atoms with Crippen molar-refractivity contribution in [3.05, 3.63) is 47.7 Å². The van der Waals surface area contributed by atoms with E-state index in [1.54, 1.807) is 23.7 Å². The van der Waals surface area contributed by atoms with Crippen LogP contribution in [0.5, 0.6) is 5.88 Å². The third-order valence-corrected chi connectivity index (χ3v) is 3.85. The van der Waals surface area contributed by atoms with E-state index in [0.29, 0.717) is 18.2 Å². The largest absolute Gasteiger partial charge is 0.474 e. The Bertz CT molecular complexity index is 760. The molecule has 0 amide bonds. The summed E-state index contributed by atoms with van der Waals surface area (Å²) in [6, 6.07) is 10.0. The fourth-order valence-electron chi connectivity index (χ4n) is 1.92. The summed E-state index contributed by atoms with van der Waals surface area (Å²) < 4.78 is 5.53. The Labute approximate surface area is 138 Å². The van der Waals surface area contributed by atoms with Crippen molar-refractivity contribution in [3.8, 4) is 16.5 Å². The summed E-state index contributed by atoms with van der Waals surface area (Å²) in [7, 11) is 0. The molecule has 0 bridgehead atoms. The van der Waals surface area contributed by atoms with Gasteiger partial charge in [0.05, 0.1) is 25.0 Å². The van der Waals surface area contributed by atoms with Crippen LogP contribution in [-0.4, -0.2) is 26.3 Å². The Kier molecular flexibility index (Phi) is 4.77. The molecule has 23 heavy (non-hydrogen) atoms. The fraction of sp³-hybridized carbons (Fsp3) is 0.250. The number of hydrogen-bond acceptors (Lipinski definition) is 7. The minimum absolute atomic E-state index is 0.0659. The second-order valence-electron chi connectivity index (χ2n) is 5.13. The van der Waals surface area contributed by atoms with E-state index >= 15 is 0 Å². The molecule has 1 aromatic carbocycles. The van der Waals surface area contributed by atoms with Gasteiger partial charge in [-0.25, -0.2) is 0 Å². The third-order valence-electron chi connectivity index (χ3n) is 2.88. The van der Waals surface area contributed by atoms with Gasteiger partial charge in [-0.1, -0.05) is 41.7 Å². The van der Waals surface area contributed by atoms with E-state index < -0.39 is 0 Å². The second kappa shape index (κ2) is 7.15. The zero-order chi connectivity index (χ0) is 16.1. The molecular formula is C16H17N5OS. The van der Waals surface area contributed by atoms with Crippen LogP contribution in [-0.2, 0) is 6.54 Å². The van der Waals surface area contributed by atoms with E-state index in [-0.39, 0.29) is 6.10 Å². The van der Waals surface area contributed by atoms with Crippen molar-refractivity contribution in [1.82, 2.24) is 20.2 Å². The van der Waals surface area contributed by atoms with Gasteiger partial charge in [-0.2, -0.15) is 4.98 Å². The molecule has 0 aliphatic carbocycles. The number of hydrogen-bond donors (Lipinski definition) is 1. The van der Waals surface area contributed by atoms with Crippen molar-refractivity contribution in [2.45, 2.75) is 26.5 Å². The van der Waals surface area contributed by atoms with Gasteiger partial charge in [0.15, 0.2) is 0 Å². The molecule has 0 unspecified atom stereocenters. The van der Waals surface area contributed by atoms with Gasteiger partial charge >= 0.3 is 0 Å². The van der Waals surface area contributed by atoms with Crippen molar-refractivity contribution in [2.24, 2.45) is 0 Å². The van der Waals surface area contributed by atoms with Crippen LogP contribution in [0.3, 0.4) is 0 Å². The molecule has 0 atom stereocenters. The summed E-state index contributed by atoms with van der Waals surface area (Å²) in [6.45, 7) is 4.45. The average Bonchev–Trinajstić information content (AvgIpc) is 3.02. The Morgan fingerprint density at radius 3 is 2.74 bits per heavy atom. The molecule has 2 heterocycles. The molecule has 1 N–H and O–H groups in total. The molecule has 118 valence electrons. The Balaban J connectivity index is 1.64. The maximum absolute atomic E-state index is 5.53. The highest BCUT2D eigenvalue weighted by atomic mass is 32.1. The van der Waals surface area contributed by atoms with Crippen molar-refractivity contribution >= 4 is 17.2 Å². The standard InChI is InChI=1S/C16H17N5OS/c1-11(2)22-14-9-17-8-13(19-14)18-10-15-20-21-16(23-15)12-6-4-3-5-7-12/h3-9,11H,10H2,1-2H3,(H,18,19). The predicted molar refractivity (Wildman–Crippen MR) is 90.5 cm³/mol. The first-order valence-electron chi connectivity index (χ1n) is 7.31. The van der Waals surface area contributed by atoms with Gasteiger partial charge < -0.3 is 10.1 Å². The first-order valence-corrected chi connectivity index (χ1v) is 8.13. The molecule has 0 spiro atoms. The van der Waals surface area contributed by atoms with E-state index in [2.05, 4.69) is 25.5 Å². The molecule has 0 radical (unpaired) electrons. The molecule has 0 aliphatic heterocycles. The lowest BCUT2D eigenvalue weighted by Gasteiger charge is -2.09. The Morgan fingerprint density at radius 1 is 1.13 bits per heavy atom. The molecule has 0 fully saturated rings. The topological polar surface area (TPSA) is 72.8 Å². The van der Waals surface area contributed by atoms with Crippen molar-refractivity contribution in [1.29, 1.82) is 0 Å². The van der Waals surface area contributed by atoms with Gasteiger partial charge in [0.1, 0.15) is 15.8 Å². The van der Waals surface area contributed by atoms with Crippen molar-refractivity contribution in [3.63, 3.8) is 0 Å². The molecule has 6 nitrogen and oxygen atoms in total. The van der Waals surface area contributed by atoms with Crippen molar-refractivity contribution < 1.29 is 4.74 Å². The van der Waals surface area contributed by atoms with Crippen LogP contribution >= 0.6 is 11.3 Å². The smallest absolute Gasteiger partial charge is 0.234 e. The Morgan fingerprint density at radius 2 is 1.96 bits per heavy atom. The zero-order valence-corrected chi connectivity index (χ0v) is 13.7. The lowest BCUT2D eigenvalue weighted by atomic mass is 10.2. The summed E-state index contributed by atoms with van der Waals surface area (Å²) in [5.41, 5.74) is 1.07. The van der Waals surface area contributed by atoms with Gasteiger partial charge in [-0.3, -0.25) is 4.98 Å². The predicted octanol–water partition coefficient (Wildman–Crippen LogP) is 3.39. The first-order chi connectivity index (χ1) is 11.2. The molecular weight excluding hydrogens is 310 g/mol. The number of anilines is 1. The van der Waals surface area contributed by atoms with Gasteiger partial charge in [-0.15, -0.1) is 10.2 Å². The number of aromatic nitrogens is 4. The van der Waals surface area contributed by atoms with Gasteiger partial charge in [0.25, 0.3) is 0 Å². The maximum Gasteiger partial charge on any atom is 0.234 e. The average molecular weight is 327 g/mol. The lowest BCUT2D eigenvalue weighted by molar-refractivity contribution is 0.232. The summed E-state index contributed by atoms with van der Waals surface area (Å²) >= 11 is 1.56. The van der Waals surface area contributed by atoms with Gasteiger partial charge in [0.2, 0.25) is 5.88 Å². The van der Waals surface area contributed by atoms with Crippen molar-refractivity contribution in [2.75, 3.05) is 5.32 Å². The number of benzene rings is 1. The van der Waals surface area contributed by atoms with E-state index in [4.69, 9.17) is 4.74 Å². The number of ether oxygens (including phenoxy) is 1. The highest BCUT2D eigenvalue weighted by Crippen LogP contribution is 2.23. The van der Waals surface area contributed by atoms with Crippen LogP contribution in [0.4, 0.5) is 5.82 Å². The quantitative estimate of drug-likeness (QED) is 0.748. The fourth-order valence-corrected chi connectivity index (χ4v) is 2.70. The summed E-state index contributed by atoms with van der Waals surface area (Å²) in [6.07, 6.45) is 3.33. The third kappa shape index (κ3) is 4.23. The lowest BCUT2D eigenvalue weighted by Crippen LogP contribution is -2.09. The summed E-state index contributed by atoms with van der Waals surface area (Å²) in [4.78, 5) is 8.47. The summed E-state index contributed by atoms with van der Waals surface area (Å²) in [5, 5.41) is 13.4. The number of rotatable bonds is 6. The van der Waals surface area contributed by atoms with Crippen LogP contribution < -0.4 is 10.1 Å². The maximum atomic E-state index is 5.53. The molecule has 2 aromatic heterocycles. The molecule has 3 rings (SSSR count). The normalized spacial score (nSPS) is 10.7. The van der Waals surface area contributed by atoms with Gasteiger partial charge in [0, 0.05) is 5.56 Å². The number of nitrogens with zero attached hydrogens (tertiary/aromatic N) is 4.